The number of nitrogens with one attached hydrogen (secondary N) is 2. The Labute approximate surface area is 148 Å². The smallest absolute Gasteiger partial charge is 0.317 e. The summed E-state index contributed by atoms with van der Waals surface area (Å²) in [7, 11) is 0. The highest BCUT2D eigenvalue weighted by Crippen LogP contribution is 2.26. The minimum absolute atomic E-state index is 0.0761. The van der Waals surface area contributed by atoms with Gasteiger partial charge in [-0.1, -0.05) is 0 Å². The molecule has 0 aromatic carbocycles. The second kappa shape index (κ2) is 7.04. The Hall–Kier alpha value is -2.08. The van der Waals surface area contributed by atoms with Crippen LogP contribution < -0.4 is 5.32 Å². The topological polar surface area (TPSA) is 64.3 Å². The fraction of sp³-hybridized carbons (Fsp3) is 0.579. The van der Waals surface area contributed by atoms with Crippen LogP contribution in [-0.4, -0.2) is 64.1 Å². The van der Waals surface area contributed by atoms with Crippen LogP contribution in [0.1, 0.15) is 31.7 Å². The number of hydrogen-bond donors (Lipinski definition) is 2. The van der Waals surface area contributed by atoms with Crippen molar-refractivity contribution in [1.29, 1.82) is 0 Å². The molecule has 4 heterocycles. The maximum absolute atomic E-state index is 12.6. The molecule has 2 atom stereocenters. The van der Waals surface area contributed by atoms with Crippen molar-refractivity contribution in [2.24, 2.45) is 0 Å². The molecule has 0 radical (unpaired) electrons. The summed E-state index contributed by atoms with van der Waals surface area (Å²) in [6, 6.07) is 4.93. The van der Waals surface area contributed by atoms with E-state index in [9.17, 15) is 4.79 Å². The van der Waals surface area contributed by atoms with Gasteiger partial charge in [-0.25, -0.2) is 9.78 Å². The lowest BCUT2D eigenvalue weighted by Gasteiger charge is -2.30. The fourth-order valence-electron chi connectivity index (χ4n) is 4.40. The zero-order valence-corrected chi connectivity index (χ0v) is 14.9. The average molecular weight is 341 g/mol. The molecule has 0 bridgehead atoms. The van der Waals surface area contributed by atoms with Crippen molar-refractivity contribution >= 4 is 17.1 Å². The van der Waals surface area contributed by atoms with Crippen molar-refractivity contribution < 1.29 is 4.79 Å². The van der Waals surface area contributed by atoms with Crippen molar-refractivity contribution in [3.63, 3.8) is 0 Å². The van der Waals surface area contributed by atoms with E-state index >= 15 is 0 Å². The molecule has 2 saturated heterocycles. The van der Waals surface area contributed by atoms with E-state index in [-0.39, 0.29) is 6.03 Å². The third-order valence-corrected chi connectivity index (χ3v) is 5.79. The second-order valence-electron chi connectivity index (χ2n) is 7.23. The number of aromatic amines is 1. The second-order valence-corrected chi connectivity index (χ2v) is 7.23. The number of rotatable bonds is 4. The summed E-state index contributed by atoms with van der Waals surface area (Å²) in [5.74, 6) is 0. The lowest BCUT2D eigenvalue weighted by Crippen LogP contribution is -2.47. The number of amides is 2. The third kappa shape index (κ3) is 3.23. The number of likely N-dealkylation sites (tertiary alicyclic amines) is 2. The van der Waals surface area contributed by atoms with Gasteiger partial charge >= 0.3 is 6.03 Å². The maximum Gasteiger partial charge on any atom is 0.317 e. The molecule has 6 heteroatoms. The summed E-state index contributed by atoms with van der Waals surface area (Å²) in [4.78, 5) is 24.7. The van der Waals surface area contributed by atoms with Crippen molar-refractivity contribution in [1.82, 2.24) is 25.1 Å². The molecule has 0 unspecified atom stereocenters. The van der Waals surface area contributed by atoms with Gasteiger partial charge in [-0.3, -0.25) is 4.90 Å². The monoisotopic (exact) mass is 341 g/mol. The first kappa shape index (κ1) is 16.4. The van der Waals surface area contributed by atoms with Crippen LogP contribution in [0.3, 0.4) is 0 Å². The van der Waals surface area contributed by atoms with Gasteiger partial charge in [0.15, 0.2) is 0 Å². The number of hydrogen-bond acceptors (Lipinski definition) is 3. The predicted molar refractivity (Wildman–Crippen MR) is 98.6 cm³/mol. The SMILES string of the molecule is C[C@H]1[C@@H](N2CCCC2)CCN1C(=O)NCCc1c[nH]c2ncccc12. The number of urea groups is 1. The maximum atomic E-state index is 12.6. The first-order chi connectivity index (χ1) is 12.2. The summed E-state index contributed by atoms with van der Waals surface area (Å²) in [6.07, 6.45) is 8.29. The van der Waals surface area contributed by atoms with Gasteiger partial charge in [0.1, 0.15) is 5.65 Å². The lowest BCUT2D eigenvalue weighted by molar-refractivity contribution is 0.168. The molecule has 0 aliphatic carbocycles. The van der Waals surface area contributed by atoms with Crippen LogP contribution in [0, 0.1) is 0 Å². The Morgan fingerprint density at radius 2 is 2.20 bits per heavy atom. The van der Waals surface area contributed by atoms with Crippen molar-refractivity contribution in [3.8, 4) is 0 Å². The van der Waals surface area contributed by atoms with Crippen LogP contribution in [0.25, 0.3) is 11.0 Å². The Morgan fingerprint density at radius 1 is 1.36 bits per heavy atom. The lowest BCUT2D eigenvalue weighted by atomic mass is 10.1. The van der Waals surface area contributed by atoms with Crippen LogP contribution in [0.5, 0.6) is 0 Å². The van der Waals surface area contributed by atoms with E-state index < -0.39 is 0 Å². The van der Waals surface area contributed by atoms with Crippen molar-refractivity contribution in [3.05, 3.63) is 30.1 Å². The van der Waals surface area contributed by atoms with Gasteiger partial charge in [0.2, 0.25) is 0 Å². The summed E-state index contributed by atoms with van der Waals surface area (Å²) < 4.78 is 0. The van der Waals surface area contributed by atoms with E-state index in [2.05, 4.69) is 33.2 Å². The number of carbonyl (C=O) groups excluding carboxylic acids is 1. The predicted octanol–water partition coefficient (Wildman–Crippen LogP) is 2.37. The van der Waals surface area contributed by atoms with Crippen molar-refractivity contribution in [2.75, 3.05) is 26.2 Å². The van der Waals surface area contributed by atoms with E-state index in [1.54, 1.807) is 6.20 Å². The van der Waals surface area contributed by atoms with Gasteiger partial charge in [0.25, 0.3) is 0 Å². The quantitative estimate of drug-likeness (QED) is 0.897. The van der Waals surface area contributed by atoms with Crippen LogP contribution in [0.2, 0.25) is 0 Å². The molecule has 2 fully saturated rings. The standard InChI is InChI=1S/C19H27N5O/c1-14-17(23-10-2-3-11-23)7-12-24(14)19(25)21-9-6-15-13-22-18-16(15)5-4-8-20-18/h4-5,8,13-14,17H,2-3,6-7,9-12H2,1H3,(H,20,22)(H,21,25)/t14-,17-/m0/s1. The summed E-state index contributed by atoms with van der Waals surface area (Å²) in [6.45, 7) is 6.10. The molecule has 0 spiro atoms. The van der Waals surface area contributed by atoms with Crippen LogP contribution >= 0.6 is 0 Å². The average Bonchev–Trinajstić information content (AvgIpc) is 3.34. The number of pyridine rings is 1. The molecule has 6 nitrogen and oxygen atoms in total. The summed E-state index contributed by atoms with van der Waals surface area (Å²) in [5, 5.41) is 4.24. The van der Waals surface area contributed by atoms with Gasteiger partial charge in [0, 0.05) is 43.0 Å². The Balaban J connectivity index is 1.30. The molecular formula is C19H27N5O. The van der Waals surface area contributed by atoms with E-state index in [1.807, 2.05) is 17.2 Å². The highest BCUT2D eigenvalue weighted by atomic mass is 16.2. The van der Waals surface area contributed by atoms with Crippen LogP contribution in [0.4, 0.5) is 4.79 Å². The van der Waals surface area contributed by atoms with Gasteiger partial charge < -0.3 is 15.2 Å². The molecule has 4 rings (SSSR count). The number of fused-ring (bicyclic) bond motifs is 1. The minimum atomic E-state index is 0.0761. The van der Waals surface area contributed by atoms with E-state index in [0.29, 0.717) is 18.6 Å². The summed E-state index contributed by atoms with van der Waals surface area (Å²) in [5.41, 5.74) is 2.11. The number of H-pyrrole nitrogens is 1. The fourth-order valence-corrected chi connectivity index (χ4v) is 4.40. The molecule has 2 N–H and O–H groups in total. The number of nitrogens with zero attached hydrogens (tertiary/aromatic N) is 3. The van der Waals surface area contributed by atoms with Gasteiger partial charge in [-0.05, 0) is 63.4 Å². The highest BCUT2D eigenvalue weighted by molar-refractivity contribution is 5.79. The van der Waals surface area contributed by atoms with E-state index in [0.717, 1.165) is 30.4 Å². The molecule has 2 aromatic heterocycles. The zero-order chi connectivity index (χ0) is 17.2. The van der Waals surface area contributed by atoms with Crippen molar-refractivity contribution in [2.45, 2.75) is 44.7 Å². The molecule has 2 aliphatic rings. The molecule has 25 heavy (non-hydrogen) atoms. The Morgan fingerprint density at radius 3 is 3.04 bits per heavy atom. The third-order valence-electron chi connectivity index (χ3n) is 5.79. The van der Waals surface area contributed by atoms with E-state index in [1.165, 1.54) is 31.5 Å². The first-order valence-corrected chi connectivity index (χ1v) is 9.43. The van der Waals surface area contributed by atoms with E-state index in [4.69, 9.17) is 0 Å². The first-order valence-electron chi connectivity index (χ1n) is 9.43. The minimum Gasteiger partial charge on any atom is -0.346 e. The van der Waals surface area contributed by atoms with Gasteiger partial charge in [-0.2, -0.15) is 0 Å². The molecule has 2 aliphatic heterocycles. The van der Waals surface area contributed by atoms with Crippen LogP contribution in [-0.2, 0) is 6.42 Å². The zero-order valence-electron chi connectivity index (χ0n) is 14.9. The van der Waals surface area contributed by atoms with Gasteiger partial charge in [-0.15, -0.1) is 0 Å². The Kier molecular flexibility index (Phi) is 4.61. The highest BCUT2D eigenvalue weighted by Gasteiger charge is 2.37. The summed E-state index contributed by atoms with van der Waals surface area (Å²) >= 11 is 0. The van der Waals surface area contributed by atoms with Gasteiger partial charge in [0.05, 0.1) is 0 Å². The molecule has 2 aromatic rings. The molecular weight excluding hydrogens is 314 g/mol. The largest absolute Gasteiger partial charge is 0.346 e. The molecule has 134 valence electrons. The van der Waals surface area contributed by atoms with Crippen LogP contribution in [0.15, 0.2) is 24.5 Å². The molecule has 2 amide bonds. The Bertz CT molecular complexity index is 736. The molecule has 0 saturated carbocycles. The number of aromatic nitrogens is 2. The normalized spacial score (nSPS) is 24.3. The number of carbonyl (C=O) groups is 1.